The van der Waals surface area contributed by atoms with Crippen LogP contribution < -0.4 is 45.2 Å². The van der Waals surface area contributed by atoms with E-state index in [1.165, 1.54) is 37.1 Å². The van der Waals surface area contributed by atoms with E-state index >= 15 is 0 Å². The summed E-state index contributed by atoms with van der Waals surface area (Å²) in [5, 5.41) is 46.9. The third kappa shape index (κ3) is 6.77. The van der Waals surface area contributed by atoms with Gasteiger partial charge in [-0.3, -0.25) is 14.5 Å². The summed E-state index contributed by atoms with van der Waals surface area (Å²) < 4.78 is 1.95. The number of hydrogen-bond donors (Lipinski definition) is 6. The number of amides is 2. The molecular weight excluding hydrogens is 723 g/mol. The minimum Gasteiger partial charge on any atom is -0.504 e. The van der Waals surface area contributed by atoms with Gasteiger partial charge in [-0.2, -0.15) is 4.57 Å². The number of nitrogens with two attached hydrogens (primary N) is 1. The fourth-order valence-corrected chi connectivity index (χ4v) is 8.02. The van der Waals surface area contributed by atoms with Crippen molar-refractivity contribution in [2.75, 3.05) is 11.5 Å². The molecule has 2 aromatic heterocycles. The number of aliphatic carboxylic acids is 2. The summed E-state index contributed by atoms with van der Waals surface area (Å²) in [5.74, 6) is -4.63. The molecule has 7 N–H and O–H groups in total. The Labute approximate surface area is 320 Å². The summed E-state index contributed by atoms with van der Waals surface area (Å²) in [6.07, 6.45) is 4.10. The molecule has 0 radical (unpaired) electrons. The van der Waals surface area contributed by atoms with Crippen molar-refractivity contribution < 1.29 is 78.6 Å². The van der Waals surface area contributed by atoms with Crippen LogP contribution >= 0.6 is 34.7 Å². The van der Waals surface area contributed by atoms with Crippen molar-refractivity contribution in [1.29, 1.82) is 0 Å². The average molecular weight is 753 g/mol. The van der Waals surface area contributed by atoms with E-state index in [4.69, 9.17) is 22.2 Å². The quantitative estimate of drug-likeness (QED) is 0.0376. The molecule has 2 aliphatic heterocycles. The van der Waals surface area contributed by atoms with Crippen LogP contribution in [0.3, 0.4) is 0 Å². The number of carbonyl (C=O) groups is 4. The third-order valence-electron chi connectivity index (χ3n) is 8.42. The maximum atomic E-state index is 13.4. The van der Waals surface area contributed by atoms with E-state index in [1.54, 1.807) is 6.07 Å². The molecule has 2 amide bonds. The summed E-state index contributed by atoms with van der Waals surface area (Å²) >= 11 is 8.68. The Kier molecular flexibility index (Phi) is 10.8. The number of rotatable bonds is 10. The monoisotopic (exact) mass is 752 g/mol. The van der Waals surface area contributed by atoms with Crippen LogP contribution in [0.2, 0.25) is 5.02 Å². The van der Waals surface area contributed by atoms with Crippen LogP contribution in [0.4, 0.5) is 5.13 Å². The van der Waals surface area contributed by atoms with E-state index in [-0.39, 0.29) is 69.1 Å². The number of nitrogen functional groups attached to an aromatic ring is 1. The molecule has 0 unspecified atom stereocenters. The molecule has 3 aliphatic rings. The third-order valence-corrected chi connectivity index (χ3v) is 10.8. The Bertz CT molecular complexity index is 2000. The molecule has 0 bridgehead atoms. The average Bonchev–Trinajstić information content (AvgIpc) is 3.72. The van der Waals surface area contributed by atoms with Crippen LogP contribution in [0.1, 0.15) is 37.2 Å². The van der Waals surface area contributed by atoms with Gasteiger partial charge in [0.2, 0.25) is 5.60 Å². The summed E-state index contributed by atoms with van der Waals surface area (Å²) in [5.41, 5.74) is 7.20. The Hall–Kier alpha value is -3.87. The molecule has 50 heavy (non-hydrogen) atoms. The molecule has 2 atom stereocenters. The van der Waals surface area contributed by atoms with Crippen LogP contribution in [-0.4, -0.2) is 82.5 Å². The first-order valence-corrected chi connectivity index (χ1v) is 17.2. The van der Waals surface area contributed by atoms with Crippen LogP contribution in [0, 0.1) is 0 Å². The number of nitrogens with zero attached hydrogens (tertiary/aromatic N) is 4. The first-order valence-electron chi connectivity index (χ1n) is 14.9. The zero-order chi connectivity index (χ0) is 35.4. The van der Waals surface area contributed by atoms with Gasteiger partial charge in [0.1, 0.15) is 22.8 Å². The summed E-state index contributed by atoms with van der Waals surface area (Å²) in [6.45, 7) is 2.67. The van der Waals surface area contributed by atoms with Crippen molar-refractivity contribution in [3.05, 3.63) is 63.0 Å². The Morgan fingerprint density at radius 3 is 2.60 bits per heavy atom. The zero-order valence-corrected chi connectivity index (χ0v) is 31.4. The molecule has 256 valence electrons. The second-order valence-corrected chi connectivity index (χ2v) is 14.3. The molecule has 3 aromatic rings. The zero-order valence-electron chi connectivity index (χ0n) is 27.0. The number of aromatic hydroxyl groups is 2. The van der Waals surface area contributed by atoms with Gasteiger partial charge in [-0.1, -0.05) is 16.8 Å². The molecule has 0 saturated carbocycles. The number of pyridine rings is 1. The standard InChI is InChI=1S/C31H29ClN6O9S2.Na/c1-31(2,29(45)46)47-36-21(17-12-49-30(33)34-17)25(41)35-22-26(42)38-23(28(43)44)13(11-48-27(22)38)10-37-9-8-14(15-4-3-5-18(15)37)16-6-7-19(39)24(40)20(16)32;/h6-9,12,22,27H,3-5,10-11H2,1-2H3,(H6,33,34,35,40,41,43,44,45,46);/q;+1/p+1/t22-,27-;/m1./s1. The number of halogens is 1. The molecule has 19 heteroatoms. The maximum Gasteiger partial charge on any atom is 1.00 e. The van der Waals surface area contributed by atoms with Gasteiger partial charge in [-0.05, 0) is 44.4 Å². The normalized spacial score (nSPS) is 18.5. The van der Waals surface area contributed by atoms with Crippen molar-refractivity contribution in [1.82, 2.24) is 15.2 Å². The van der Waals surface area contributed by atoms with Crippen molar-refractivity contribution >= 4 is 69.3 Å². The number of fused-ring (bicyclic) bond motifs is 2. The number of anilines is 1. The molecule has 15 nitrogen and oxygen atoms in total. The number of carboxylic acid groups (broad SMARTS) is 2. The van der Waals surface area contributed by atoms with Crippen LogP contribution in [0.5, 0.6) is 11.5 Å². The number of carbonyl (C=O) groups excluding carboxylic acids is 2. The molecule has 4 heterocycles. The first-order chi connectivity index (χ1) is 23.2. The second kappa shape index (κ2) is 14.4. The summed E-state index contributed by atoms with van der Waals surface area (Å²) in [6, 6.07) is 3.73. The van der Waals surface area contributed by atoms with Crippen molar-refractivity contribution in [3.63, 3.8) is 0 Å². The van der Waals surface area contributed by atoms with Crippen LogP contribution in [0.25, 0.3) is 11.1 Å². The largest absolute Gasteiger partial charge is 1.00 e. The minimum atomic E-state index is -1.78. The second-order valence-electron chi connectivity index (χ2n) is 12.0. The van der Waals surface area contributed by atoms with E-state index in [0.717, 1.165) is 52.3 Å². The summed E-state index contributed by atoms with van der Waals surface area (Å²) in [4.78, 5) is 61.3. The van der Waals surface area contributed by atoms with Crippen molar-refractivity contribution in [3.8, 4) is 22.6 Å². The Morgan fingerprint density at radius 1 is 1.20 bits per heavy atom. The van der Waals surface area contributed by atoms with Crippen molar-refractivity contribution in [2.45, 2.75) is 56.7 Å². The van der Waals surface area contributed by atoms with E-state index in [1.807, 2.05) is 16.8 Å². The number of β-lactam (4-membered cyclic amide) rings is 1. The van der Waals surface area contributed by atoms with Gasteiger partial charge in [0.15, 0.2) is 40.8 Å². The number of aromatic nitrogens is 2. The van der Waals surface area contributed by atoms with E-state index < -0.39 is 52.2 Å². The molecule has 1 saturated heterocycles. The number of benzene rings is 1. The van der Waals surface area contributed by atoms with Crippen molar-refractivity contribution in [2.24, 2.45) is 5.16 Å². The summed E-state index contributed by atoms with van der Waals surface area (Å²) in [7, 11) is 0. The smallest absolute Gasteiger partial charge is 0.504 e. The van der Waals surface area contributed by atoms with E-state index in [0.29, 0.717) is 11.1 Å². The fourth-order valence-electron chi connectivity index (χ4n) is 5.87. The molecule has 1 aromatic carbocycles. The topological polar surface area (TPSA) is 229 Å². The van der Waals surface area contributed by atoms with Gasteiger partial charge in [0.05, 0.1) is 5.02 Å². The number of phenols is 2. The van der Waals surface area contributed by atoms with Gasteiger partial charge in [-0.25, -0.2) is 14.6 Å². The van der Waals surface area contributed by atoms with Gasteiger partial charge in [0.25, 0.3) is 11.8 Å². The SMILES string of the molecule is CC(C)(ON=C(C(=O)N[C@@H]1C(=O)N2C(C(=O)O)=C(C[n+]3ccc(-c4ccc(O)c(O)c4Cl)c4c3CCC4)CS[C@H]12)c1csc(N)n1)C(=O)O.[Na+]. The molecule has 0 spiro atoms. The van der Waals surface area contributed by atoms with Gasteiger partial charge < -0.3 is 36.3 Å². The minimum absolute atomic E-state index is 0. The Balaban J connectivity index is 0.00000486. The number of thioether (sulfide) groups is 1. The van der Waals surface area contributed by atoms with E-state index in [9.17, 15) is 39.6 Å². The van der Waals surface area contributed by atoms with Gasteiger partial charge >= 0.3 is 41.5 Å². The molecule has 1 aliphatic carbocycles. The van der Waals surface area contributed by atoms with E-state index in [2.05, 4.69) is 15.5 Å². The fraction of sp³-hybridized carbons (Fsp3) is 0.323. The predicted octanol–water partition coefficient (Wildman–Crippen LogP) is -0.740. The molecule has 1 fully saturated rings. The molecule has 6 rings (SSSR count). The Morgan fingerprint density at radius 2 is 1.94 bits per heavy atom. The first kappa shape index (κ1) is 37.4. The number of nitrogens with one attached hydrogen (secondary N) is 1. The number of hydrogen-bond acceptors (Lipinski definition) is 12. The van der Waals surface area contributed by atoms with Crippen LogP contribution in [0.15, 0.2) is 46.2 Å². The molecular formula is C31H30ClN6NaO9S2+2. The van der Waals surface area contributed by atoms with Gasteiger partial charge in [-0.15, -0.1) is 23.1 Å². The van der Waals surface area contributed by atoms with Crippen LogP contribution in [-0.2, 0) is 43.4 Å². The number of oxime groups is 1. The number of phenolic OH excluding ortho intramolecular Hbond substituents is 2. The number of thiazole rings is 1. The van der Waals surface area contributed by atoms with Gasteiger partial charge in [0, 0.05) is 40.3 Å². The number of carboxylic acids is 2. The maximum absolute atomic E-state index is 13.4. The predicted molar refractivity (Wildman–Crippen MR) is 178 cm³/mol.